The zero-order chi connectivity index (χ0) is 18.9. The minimum absolute atomic E-state index is 0.182. The van der Waals surface area contributed by atoms with Crippen molar-refractivity contribution in [2.24, 2.45) is 5.92 Å². The van der Waals surface area contributed by atoms with Crippen molar-refractivity contribution in [3.63, 3.8) is 0 Å². The number of likely N-dealkylation sites (tertiary alicyclic amines) is 1. The maximum absolute atomic E-state index is 13.0. The molecule has 1 atom stereocenters. The van der Waals surface area contributed by atoms with Crippen LogP contribution in [0, 0.1) is 12.8 Å². The van der Waals surface area contributed by atoms with Gasteiger partial charge in [0.15, 0.2) is 0 Å². The largest absolute Gasteiger partial charge is 0.322 e. The number of sulfonamides is 1. The Morgan fingerprint density at radius 3 is 2.62 bits per heavy atom. The van der Waals surface area contributed by atoms with Crippen LogP contribution in [0.15, 0.2) is 34.0 Å². The van der Waals surface area contributed by atoms with Gasteiger partial charge >= 0.3 is 0 Å². The number of fused-ring (bicyclic) bond motifs is 1. The second-order valence-corrected chi connectivity index (χ2v) is 9.47. The van der Waals surface area contributed by atoms with Crippen LogP contribution >= 0.6 is 0 Å². The lowest BCUT2D eigenvalue weighted by Gasteiger charge is -2.25. The fraction of sp³-hybridized carbons (Fsp3) is 0.526. The number of nitrogens with zero attached hydrogens (tertiary/aromatic N) is 2. The molecule has 1 saturated heterocycles. The van der Waals surface area contributed by atoms with Crippen LogP contribution in [0.4, 0.5) is 0 Å². The Morgan fingerprint density at radius 2 is 1.92 bits per heavy atom. The van der Waals surface area contributed by atoms with Crippen LogP contribution in [0.2, 0.25) is 0 Å². The molecule has 2 aromatic rings. The molecular formula is C19H27N3O3S. The molecule has 1 unspecified atom stereocenters. The Kier molecular flexibility index (Phi) is 5.50. The number of rotatable bonds is 6. The molecule has 1 aliphatic heterocycles. The fourth-order valence-electron chi connectivity index (χ4n) is 3.74. The van der Waals surface area contributed by atoms with Gasteiger partial charge in [-0.05, 0) is 62.5 Å². The predicted molar refractivity (Wildman–Crippen MR) is 104 cm³/mol. The monoisotopic (exact) mass is 377 g/mol. The van der Waals surface area contributed by atoms with Gasteiger partial charge in [-0.2, -0.15) is 0 Å². The number of nitrogens with one attached hydrogen (secondary N) is 1. The Labute approximate surface area is 154 Å². The summed E-state index contributed by atoms with van der Waals surface area (Å²) in [6, 6.07) is 6.37. The van der Waals surface area contributed by atoms with Crippen LogP contribution in [0.3, 0.4) is 0 Å². The van der Waals surface area contributed by atoms with Crippen molar-refractivity contribution < 1.29 is 8.42 Å². The highest BCUT2D eigenvalue weighted by molar-refractivity contribution is 7.89. The number of hydrogen-bond acceptors (Lipinski definition) is 4. The summed E-state index contributed by atoms with van der Waals surface area (Å²) in [5.74, 6) is 0.270. The quantitative estimate of drug-likeness (QED) is 0.837. The van der Waals surface area contributed by atoms with Gasteiger partial charge in [-0.1, -0.05) is 6.92 Å². The topological polar surface area (TPSA) is 73.5 Å². The summed E-state index contributed by atoms with van der Waals surface area (Å²) in [7, 11) is -1.92. The van der Waals surface area contributed by atoms with Crippen molar-refractivity contribution in [3.05, 3.63) is 40.2 Å². The van der Waals surface area contributed by atoms with E-state index in [9.17, 15) is 13.2 Å². The van der Waals surface area contributed by atoms with Gasteiger partial charge < -0.3 is 9.88 Å². The first-order valence-corrected chi connectivity index (χ1v) is 10.5. The molecule has 26 heavy (non-hydrogen) atoms. The highest BCUT2D eigenvalue weighted by Gasteiger charge is 2.24. The molecule has 1 aromatic carbocycles. The van der Waals surface area contributed by atoms with Crippen LogP contribution < -0.4 is 5.56 Å². The van der Waals surface area contributed by atoms with Gasteiger partial charge in [0.2, 0.25) is 15.6 Å². The van der Waals surface area contributed by atoms with E-state index in [0.717, 1.165) is 30.6 Å². The van der Waals surface area contributed by atoms with Gasteiger partial charge in [0.25, 0.3) is 0 Å². The van der Waals surface area contributed by atoms with Crippen LogP contribution in [0.5, 0.6) is 0 Å². The SMILES string of the molecule is Cc1cc(=O)[nH]c2ccc(S(=O)(=O)N(C)CC(C)CN3CCCC3)cc12. The standard InChI is InChI=1S/C19H27N3O3S/c1-14(13-22-8-4-5-9-22)12-21(3)26(24,25)16-6-7-18-17(11-16)15(2)10-19(23)20-18/h6-7,10-11,14H,4-5,8-9,12-13H2,1-3H3,(H,20,23). The molecule has 0 bridgehead atoms. The van der Waals surface area contributed by atoms with Crippen LogP contribution in [-0.2, 0) is 10.0 Å². The van der Waals surface area contributed by atoms with E-state index in [0.29, 0.717) is 12.1 Å². The minimum Gasteiger partial charge on any atom is -0.322 e. The average molecular weight is 378 g/mol. The van der Waals surface area contributed by atoms with Gasteiger partial charge in [-0.3, -0.25) is 4.79 Å². The van der Waals surface area contributed by atoms with Crippen LogP contribution in [0.1, 0.15) is 25.3 Å². The van der Waals surface area contributed by atoms with Crippen molar-refractivity contribution in [1.82, 2.24) is 14.2 Å². The van der Waals surface area contributed by atoms with E-state index in [2.05, 4.69) is 16.8 Å². The Balaban J connectivity index is 1.80. The molecule has 7 heteroatoms. The number of benzene rings is 1. The molecule has 0 radical (unpaired) electrons. The van der Waals surface area contributed by atoms with Crippen molar-refractivity contribution in [2.45, 2.75) is 31.6 Å². The maximum atomic E-state index is 13.0. The van der Waals surface area contributed by atoms with E-state index in [1.54, 1.807) is 25.2 Å². The Bertz CT molecular complexity index is 946. The van der Waals surface area contributed by atoms with Crippen molar-refractivity contribution in [1.29, 1.82) is 0 Å². The van der Waals surface area contributed by atoms with Crippen molar-refractivity contribution >= 4 is 20.9 Å². The van der Waals surface area contributed by atoms with E-state index in [1.165, 1.54) is 23.2 Å². The van der Waals surface area contributed by atoms with Gasteiger partial charge in [0.05, 0.1) is 4.90 Å². The minimum atomic E-state index is -3.56. The first-order chi connectivity index (χ1) is 12.3. The van der Waals surface area contributed by atoms with Gasteiger partial charge in [0.1, 0.15) is 0 Å². The zero-order valence-electron chi connectivity index (χ0n) is 15.7. The molecule has 142 valence electrons. The molecule has 1 aromatic heterocycles. The summed E-state index contributed by atoms with van der Waals surface area (Å²) in [6.45, 7) is 7.56. The number of aromatic nitrogens is 1. The van der Waals surface area contributed by atoms with Gasteiger partial charge in [-0.25, -0.2) is 12.7 Å². The molecule has 0 saturated carbocycles. The highest BCUT2D eigenvalue weighted by Crippen LogP contribution is 2.22. The smallest absolute Gasteiger partial charge is 0.248 e. The molecule has 6 nitrogen and oxygen atoms in total. The van der Waals surface area contributed by atoms with Gasteiger partial charge in [-0.15, -0.1) is 0 Å². The average Bonchev–Trinajstić information content (AvgIpc) is 3.07. The molecule has 1 fully saturated rings. The number of H-pyrrole nitrogens is 1. The third-order valence-electron chi connectivity index (χ3n) is 5.07. The zero-order valence-corrected chi connectivity index (χ0v) is 16.5. The molecule has 0 spiro atoms. The van der Waals surface area contributed by atoms with E-state index in [-0.39, 0.29) is 16.4 Å². The van der Waals surface area contributed by atoms with E-state index < -0.39 is 10.0 Å². The number of pyridine rings is 1. The fourth-order valence-corrected chi connectivity index (χ4v) is 5.06. The Morgan fingerprint density at radius 1 is 1.23 bits per heavy atom. The summed E-state index contributed by atoms with van der Waals surface area (Å²) < 4.78 is 27.4. The predicted octanol–water partition coefficient (Wildman–Crippen LogP) is 2.19. The van der Waals surface area contributed by atoms with Gasteiger partial charge in [0, 0.05) is 37.1 Å². The number of aryl methyl sites for hydroxylation is 1. The highest BCUT2D eigenvalue weighted by atomic mass is 32.2. The molecule has 1 aliphatic rings. The first kappa shape index (κ1) is 19.1. The lowest BCUT2D eigenvalue weighted by Crippen LogP contribution is -2.35. The lowest BCUT2D eigenvalue weighted by molar-refractivity contribution is 0.265. The molecule has 1 N–H and O–H groups in total. The summed E-state index contributed by atoms with van der Waals surface area (Å²) >= 11 is 0. The molecule has 0 aliphatic carbocycles. The number of aromatic amines is 1. The van der Waals surface area contributed by atoms with E-state index in [1.807, 2.05) is 6.92 Å². The van der Waals surface area contributed by atoms with Crippen molar-refractivity contribution in [2.75, 3.05) is 33.2 Å². The van der Waals surface area contributed by atoms with E-state index in [4.69, 9.17) is 0 Å². The molecule has 3 rings (SSSR count). The third-order valence-corrected chi connectivity index (χ3v) is 6.89. The summed E-state index contributed by atoms with van der Waals surface area (Å²) in [5, 5.41) is 0.754. The van der Waals surface area contributed by atoms with Crippen LogP contribution in [0.25, 0.3) is 10.9 Å². The lowest BCUT2D eigenvalue weighted by atomic mass is 10.1. The van der Waals surface area contributed by atoms with Crippen LogP contribution in [-0.4, -0.2) is 55.8 Å². The second kappa shape index (κ2) is 7.50. The normalized spacial score (nSPS) is 17.2. The molecular weight excluding hydrogens is 350 g/mol. The molecule has 2 heterocycles. The first-order valence-electron chi connectivity index (χ1n) is 9.10. The summed E-state index contributed by atoms with van der Waals surface area (Å²) in [6.07, 6.45) is 2.47. The maximum Gasteiger partial charge on any atom is 0.248 e. The second-order valence-electron chi connectivity index (χ2n) is 7.42. The third kappa shape index (κ3) is 4.00. The number of hydrogen-bond donors (Lipinski definition) is 1. The van der Waals surface area contributed by atoms with E-state index >= 15 is 0 Å². The molecule has 0 amide bonds. The summed E-state index contributed by atoms with van der Waals surface area (Å²) in [5.41, 5.74) is 1.24. The van der Waals surface area contributed by atoms with Crippen molar-refractivity contribution in [3.8, 4) is 0 Å². The summed E-state index contributed by atoms with van der Waals surface area (Å²) in [4.78, 5) is 17.0. The Hall–Kier alpha value is -1.70.